The minimum absolute atomic E-state index is 0.137. The average molecular weight is 283 g/mol. The molecule has 1 saturated heterocycles. The van der Waals surface area contributed by atoms with Crippen molar-refractivity contribution < 1.29 is 23.8 Å². The largest absolute Gasteiger partial charge is 0.484 e. The van der Waals surface area contributed by atoms with Gasteiger partial charge in [-0.2, -0.15) is 0 Å². The summed E-state index contributed by atoms with van der Waals surface area (Å²) in [7, 11) is 0. The Balaban J connectivity index is 1.85. The Labute approximate surface area is 116 Å². The van der Waals surface area contributed by atoms with Crippen LogP contribution in [0.4, 0.5) is 4.39 Å². The van der Waals surface area contributed by atoms with Crippen LogP contribution in [0.2, 0.25) is 0 Å². The van der Waals surface area contributed by atoms with Crippen LogP contribution in [-0.4, -0.2) is 43.0 Å². The summed E-state index contributed by atoms with van der Waals surface area (Å²) in [5.74, 6) is -0.463. The van der Waals surface area contributed by atoms with Crippen LogP contribution in [-0.2, 0) is 9.53 Å². The number of amides is 1. The van der Waals surface area contributed by atoms with Gasteiger partial charge in [-0.25, -0.2) is 4.39 Å². The molecule has 1 aliphatic heterocycles. The van der Waals surface area contributed by atoms with E-state index in [0.717, 1.165) is 0 Å². The van der Waals surface area contributed by atoms with Gasteiger partial charge in [0.05, 0.1) is 12.1 Å². The van der Waals surface area contributed by atoms with Crippen molar-refractivity contribution in [3.8, 4) is 5.75 Å². The van der Waals surface area contributed by atoms with Crippen molar-refractivity contribution in [1.29, 1.82) is 0 Å². The molecule has 20 heavy (non-hydrogen) atoms. The van der Waals surface area contributed by atoms with Crippen LogP contribution in [0.3, 0.4) is 0 Å². The third-order valence-electron chi connectivity index (χ3n) is 3.32. The molecule has 0 spiro atoms. The summed E-state index contributed by atoms with van der Waals surface area (Å²) >= 11 is 0. The SMILES string of the molecule is O=C(COc1cccc(F)c1)NC1(CO)CCOCC1. The van der Waals surface area contributed by atoms with Crippen LogP contribution in [0, 0.1) is 5.82 Å². The van der Waals surface area contributed by atoms with Crippen molar-refractivity contribution in [2.45, 2.75) is 18.4 Å². The van der Waals surface area contributed by atoms with Gasteiger partial charge in [-0.15, -0.1) is 0 Å². The predicted molar refractivity (Wildman–Crippen MR) is 69.9 cm³/mol. The van der Waals surface area contributed by atoms with E-state index in [2.05, 4.69) is 5.32 Å². The smallest absolute Gasteiger partial charge is 0.258 e. The number of halogens is 1. The molecule has 0 radical (unpaired) electrons. The number of nitrogens with one attached hydrogen (secondary N) is 1. The summed E-state index contributed by atoms with van der Waals surface area (Å²) in [6.07, 6.45) is 1.13. The van der Waals surface area contributed by atoms with Crippen LogP contribution in [0.1, 0.15) is 12.8 Å². The molecule has 1 fully saturated rings. The molecular formula is C14H18FNO4. The number of hydrogen-bond donors (Lipinski definition) is 2. The van der Waals surface area contributed by atoms with Gasteiger partial charge in [-0.3, -0.25) is 4.79 Å². The maximum atomic E-state index is 13.0. The summed E-state index contributed by atoms with van der Waals surface area (Å²) in [6, 6.07) is 5.60. The predicted octanol–water partition coefficient (Wildman–Crippen LogP) is 0.862. The fourth-order valence-corrected chi connectivity index (χ4v) is 2.12. The molecule has 1 heterocycles. The van der Waals surface area contributed by atoms with Gasteiger partial charge >= 0.3 is 0 Å². The molecular weight excluding hydrogens is 265 g/mol. The molecule has 1 aromatic carbocycles. The van der Waals surface area contributed by atoms with Crippen LogP contribution in [0.15, 0.2) is 24.3 Å². The van der Waals surface area contributed by atoms with E-state index in [4.69, 9.17) is 9.47 Å². The van der Waals surface area contributed by atoms with E-state index >= 15 is 0 Å². The van der Waals surface area contributed by atoms with E-state index < -0.39 is 11.4 Å². The molecule has 1 aromatic rings. The first-order chi connectivity index (χ1) is 9.63. The van der Waals surface area contributed by atoms with Crippen LogP contribution >= 0.6 is 0 Å². The normalized spacial score (nSPS) is 17.5. The summed E-state index contributed by atoms with van der Waals surface area (Å²) in [4.78, 5) is 11.9. The van der Waals surface area contributed by atoms with E-state index in [-0.39, 0.29) is 19.1 Å². The molecule has 5 nitrogen and oxygen atoms in total. The Hall–Kier alpha value is -1.66. The molecule has 0 atom stereocenters. The second-order valence-corrected chi connectivity index (χ2v) is 4.85. The lowest BCUT2D eigenvalue weighted by molar-refractivity contribution is -0.127. The van der Waals surface area contributed by atoms with E-state index in [1.807, 2.05) is 0 Å². The molecule has 0 aromatic heterocycles. The van der Waals surface area contributed by atoms with Gasteiger partial charge in [-0.05, 0) is 25.0 Å². The first-order valence-electron chi connectivity index (χ1n) is 6.52. The highest BCUT2D eigenvalue weighted by Crippen LogP contribution is 2.20. The molecule has 0 aliphatic carbocycles. The maximum Gasteiger partial charge on any atom is 0.258 e. The van der Waals surface area contributed by atoms with Gasteiger partial charge in [0.2, 0.25) is 0 Å². The van der Waals surface area contributed by atoms with Gasteiger partial charge in [-0.1, -0.05) is 6.07 Å². The van der Waals surface area contributed by atoms with Crippen molar-refractivity contribution in [3.05, 3.63) is 30.1 Å². The van der Waals surface area contributed by atoms with E-state index in [1.54, 1.807) is 6.07 Å². The molecule has 0 saturated carbocycles. The van der Waals surface area contributed by atoms with Gasteiger partial charge in [0, 0.05) is 19.3 Å². The van der Waals surface area contributed by atoms with Gasteiger partial charge < -0.3 is 19.9 Å². The van der Waals surface area contributed by atoms with Crippen LogP contribution < -0.4 is 10.1 Å². The monoisotopic (exact) mass is 283 g/mol. The fourth-order valence-electron chi connectivity index (χ4n) is 2.12. The zero-order valence-corrected chi connectivity index (χ0v) is 11.1. The van der Waals surface area contributed by atoms with Crippen molar-refractivity contribution in [2.24, 2.45) is 0 Å². The highest BCUT2D eigenvalue weighted by atomic mass is 19.1. The summed E-state index contributed by atoms with van der Waals surface area (Å²) in [6.45, 7) is 0.658. The molecule has 1 aliphatic rings. The fraction of sp³-hybridized carbons (Fsp3) is 0.500. The Morgan fingerprint density at radius 1 is 1.45 bits per heavy atom. The molecule has 2 N–H and O–H groups in total. The van der Waals surface area contributed by atoms with E-state index in [9.17, 15) is 14.3 Å². The lowest BCUT2D eigenvalue weighted by atomic mass is 9.91. The zero-order valence-electron chi connectivity index (χ0n) is 11.1. The number of benzene rings is 1. The van der Waals surface area contributed by atoms with Gasteiger partial charge in [0.15, 0.2) is 6.61 Å². The molecule has 110 valence electrons. The summed E-state index contributed by atoms with van der Waals surface area (Å²) < 4.78 is 23.4. The number of ether oxygens (including phenoxy) is 2. The second-order valence-electron chi connectivity index (χ2n) is 4.85. The Kier molecular flexibility index (Phi) is 4.92. The molecule has 1 amide bonds. The first kappa shape index (κ1) is 14.7. The van der Waals surface area contributed by atoms with E-state index in [0.29, 0.717) is 31.8 Å². The second kappa shape index (κ2) is 6.67. The van der Waals surface area contributed by atoms with Crippen molar-refractivity contribution in [2.75, 3.05) is 26.4 Å². The van der Waals surface area contributed by atoms with Crippen molar-refractivity contribution in [1.82, 2.24) is 5.32 Å². The third kappa shape index (κ3) is 3.91. The van der Waals surface area contributed by atoms with Gasteiger partial charge in [0.25, 0.3) is 5.91 Å². The topological polar surface area (TPSA) is 67.8 Å². The average Bonchev–Trinajstić information content (AvgIpc) is 2.46. The maximum absolute atomic E-state index is 13.0. The van der Waals surface area contributed by atoms with Crippen molar-refractivity contribution >= 4 is 5.91 Å². The molecule has 0 unspecified atom stereocenters. The van der Waals surface area contributed by atoms with Crippen LogP contribution in [0.5, 0.6) is 5.75 Å². The van der Waals surface area contributed by atoms with Crippen LogP contribution in [0.25, 0.3) is 0 Å². The number of hydrogen-bond acceptors (Lipinski definition) is 4. The summed E-state index contributed by atoms with van der Waals surface area (Å²) in [5, 5.41) is 12.2. The lowest BCUT2D eigenvalue weighted by Gasteiger charge is -2.36. The number of aliphatic hydroxyl groups is 1. The number of carbonyl (C=O) groups is 1. The summed E-state index contributed by atoms with van der Waals surface area (Å²) in [5.41, 5.74) is -0.638. The first-order valence-corrected chi connectivity index (χ1v) is 6.52. The lowest BCUT2D eigenvalue weighted by Crippen LogP contribution is -2.55. The Bertz CT molecular complexity index is 460. The molecule has 2 rings (SSSR count). The number of carbonyl (C=O) groups excluding carboxylic acids is 1. The minimum Gasteiger partial charge on any atom is -0.484 e. The highest BCUT2D eigenvalue weighted by molar-refractivity contribution is 5.78. The van der Waals surface area contributed by atoms with Crippen molar-refractivity contribution in [3.63, 3.8) is 0 Å². The Morgan fingerprint density at radius 2 is 2.20 bits per heavy atom. The standard InChI is InChI=1S/C14H18FNO4/c15-11-2-1-3-12(8-11)20-9-13(18)16-14(10-17)4-6-19-7-5-14/h1-3,8,17H,4-7,9-10H2,(H,16,18). The Morgan fingerprint density at radius 3 is 2.85 bits per heavy atom. The molecule has 0 bridgehead atoms. The number of rotatable bonds is 5. The molecule has 6 heteroatoms. The third-order valence-corrected chi connectivity index (χ3v) is 3.32. The van der Waals surface area contributed by atoms with E-state index in [1.165, 1.54) is 18.2 Å². The highest BCUT2D eigenvalue weighted by Gasteiger charge is 2.33. The van der Waals surface area contributed by atoms with Gasteiger partial charge in [0.1, 0.15) is 11.6 Å². The minimum atomic E-state index is -0.638. The number of aliphatic hydroxyl groups excluding tert-OH is 1. The zero-order chi connectivity index (χ0) is 14.4. The quantitative estimate of drug-likeness (QED) is 0.841.